The number of piperidine rings is 1. The first-order chi connectivity index (χ1) is 17.5. The summed E-state index contributed by atoms with van der Waals surface area (Å²) in [4.78, 5) is 42.2. The maximum atomic E-state index is 13.2. The second-order valence-electron chi connectivity index (χ2n) is 9.28. The van der Waals surface area contributed by atoms with E-state index in [1.165, 1.54) is 0 Å². The highest BCUT2D eigenvalue weighted by Crippen LogP contribution is 2.38. The van der Waals surface area contributed by atoms with Crippen molar-refractivity contribution >= 4 is 61.4 Å². The van der Waals surface area contributed by atoms with E-state index in [1.54, 1.807) is 17.5 Å². The van der Waals surface area contributed by atoms with Crippen molar-refractivity contribution in [3.63, 3.8) is 0 Å². The summed E-state index contributed by atoms with van der Waals surface area (Å²) in [6.45, 7) is 1.56. The Morgan fingerprint density at radius 1 is 1.08 bits per heavy atom. The fraction of sp³-hybridized carbons (Fsp3) is 0.308. The standard InChI is InChI=1S/C26H26N6O3S/c1-27-26(9-12-33)7-10-32(11-8-26)25-29-18-5-3-2-4-16(18)21(30-25)20-19(22(34)31-23(20)35)17-14-28-24-15(17)6-13-36-24/h2-6,13-14,27-28,33H,7-12H2,1H3,(H,31,34,35). The number of hydrogen-bond donors (Lipinski definition) is 4. The summed E-state index contributed by atoms with van der Waals surface area (Å²) in [7, 11) is 1.94. The maximum Gasteiger partial charge on any atom is 0.261 e. The van der Waals surface area contributed by atoms with Crippen molar-refractivity contribution in [3.05, 3.63) is 53.2 Å². The lowest BCUT2D eigenvalue weighted by Gasteiger charge is -2.41. The Morgan fingerprint density at radius 2 is 1.86 bits per heavy atom. The average molecular weight is 503 g/mol. The molecule has 2 aliphatic heterocycles. The number of benzene rings is 1. The Hall–Kier alpha value is -3.60. The second-order valence-corrected chi connectivity index (χ2v) is 10.2. The Balaban J connectivity index is 1.49. The first kappa shape index (κ1) is 22.8. The highest BCUT2D eigenvalue weighted by atomic mass is 32.1. The largest absolute Gasteiger partial charge is 0.396 e. The molecular weight excluding hydrogens is 476 g/mol. The van der Waals surface area contributed by atoms with Gasteiger partial charge in [0.1, 0.15) is 4.83 Å². The molecule has 1 saturated heterocycles. The zero-order chi connectivity index (χ0) is 24.9. The molecule has 0 saturated carbocycles. The molecule has 0 unspecified atom stereocenters. The summed E-state index contributed by atoms with van der Waals surface area (Å²) in [5.41, 5.74) is 2.35. The predicted octanol–water partition coefficient (Wildman–Crippen LogP) is 2.68. The van der Waals surface area contributed by atoms with Crippen LogP contribution in [0.1, 0.15) is 30.5 Å². The number of hydrogen-bond acceptors (Lipinski definition) is 8. The van der Waals surface area contributed by atoms with E-state index in [9.17, 15) is 14.7 Å². The number of aliphatic hydroxyl groups is 1. The van der Waals surface area contributed by atoms with Crippen molar-refractivity contribution in [1.82, 2.24) is 25.6 Å². The van der Waals surface area contributed by atoms with Crippen molar-refractivity contribution in [2.24, 2.45) is 0 Å². The Bertz CT molecular complexity index is 1530. The van der Waals surface area contributed by atoms with E-state index in [1.807, 2.05) is 42.8 Å². The van der Waals surface area contributed by atoms with Gasteiger partial charge in [0, 0.05) is 47.8 Å². The van der Waals surface area contributed by atoms with Gasteiger partial charge in [-0.3, -0.25) is 14.9 Å². The summed E-state index contributed by atoms with van der Waals surface area (Å²) in [5, 5.41) is 19.0. The number of para-hydroxylation sites is 1. The summed E-state index contributed by atoms with van der Waals surface area (Å²) in [6, 6.07) is 9.52. The van der Waals surface area contributed by atoms with Crippen molar-refractivity contribution < 1.29 is 14.7 Å². The molecule has 36 heavy (non-hydrogen) atoms. The average Bonchev–Trinajstić information content (AvgIpc) is 3.58. The zero-order valence-corrected chi connectivity index (χ0v) is 20.6. The van der Waals surface area contributed by atoms with Gasteiger partial charge in [-0.05, 0) is 43.8 Å². The van der Waals surface area contributed by atoms with Gasteiger partial charge in [-0.1, -0.05) is 18.2 Å². The number of thiophene rings is 1. The molecule has 6 rings (SSSR count). The van der Waals surface area contributed by atoms with Gasteiger partial charge in [-0.15, -0.1) is 11.3 Å². The topological polar surface area (TPSA) is 123 Å². The van der Waals surface area contributed by atoms with Gasteiger partial charge < -0.3 is 20.3 Å². The Kier molecular flexibility index (Phi) is 5.59. The fourth-order valence-corrected chi connectivity index (χ4v) is 6.14. The van der Waals surface area contributed by atoms with Crippen LogP contribution in [0, 0.1) is 0 Å². The number of amides is 2. The molecule has 0 bridgehead atoms. The molecule has 4 N–H and O–H groups in total. The molecule has 2 amide bonds. The normalized spacial score (nSPS) is 18.0. The number of rotatable bonds is 6. The molecular formula is C26H26N6O3S. The number of aromatic nitrogens is 3. The number of H-pyrrole nitrogens is 1. The van der Waals surface area contributed by atoms with Crippen LogP contribution in [0.25, 0.3) is 32.3 Å². The molecule has 2 aliphatic rings. The Labute approximate surface area is 211 Å². The van der Waals surface area contributed by atoms with Crippen LogP contribution in [0.15, 0.2) is 41.9 Å². The fourth-order valence-electron chi connectivity index (χ4n) is 5.36. The van der Waals surface area contributed by atoms with E-state index in [0.29, 0.717) is 47.8 Å². The van der Waals surface area contributed by atoms with Crippen LogP contribution >= 0.6 is 11.3 Å². The SMILES string of the molecule is CNC1(CCO)CCN(c2nc(C3=C(c4c[nH]c5sccc45)C(=O)NC3=O)c3ccccc3n2)CC1. The molecule has 1 aromatic carbocycles. The van der Waals surface area contributed by atoms with Gasteiger partial charge in [0.15, 0.2) is 0 Å². The van der Waals surface area contributed by atoms with Crippen LogP contribution in [0.3, 0.4) is 0 Å². The first-order valence-corrected chi connectivity index (χ1v) is 12.9. The van der Waals surface area contributed by atoms with E-state index >= 15 is 0 Å². The zero-order valence-electron chi connectivity index (χ0n) is 19.8. The third-order valence-electron chi connectivity index (χ3n) is 7.46. The van der Waals surface area contributed by atoms with Gasteiger partial charge >= 0.3 is 0 Å². The molecule has 0 atom stereocenters. The van der Waals surface area contributed by atoms with Crippen LogP contribution in [-0.4, -0.2) is 64.2 Å². The van der Waals surface area contributed by atoms with Crippen LogP contribution in [0.5, 0.6) is 0 Å². The number of nitrogens with zero attached hydrogens (tertiary/aromatic N) is 3. The van der Waals surface area contributed by atoms with Crippen LogP contribution in [-0.2, 0) is 9.59 Å². The minimum Gasteiger partial charge on any atom is -0.396 e. The number of aliphatic hydroxyl groups excluding tert-OH is 1. The van der Waals surface area contributed by atoms with Crippen LogP contribution < -0.4 is 15.5 Å². The summed E-state index contributed by atoms with van der Waals surface area (Å²) in [5.74, 6) is -0.344. The smallest absolute Gasteiger partial charge is 0.261 e. The third-order valence-corrected chi connectivity index (χ3v) is 8.30. The number of nitrogens with one attached hydrogen (secondary N) is 3. The number of anilines is 1. The highest BCUT2D eigenvalue weighted by molar-refractivity contribution is 7.16. The molecule has 0 aliphatic carbocycles. The molecule has 1 fully saturated rings. The number of aromatic amines is 1. The highest BCUT2D eigenvalue weighted by Gasteiger charge is 2.37. The van der Waals surface area contributed by atoms with E-state index in [4.69, 9.17) is 9.97 Å². The van der Waals surface area contributed by atoms with Gasteiger partial charge in [-0.2, -0.15) is 0 Å². The molecule has 3 aromatic heterocycles. The van der Waals surface area contributed by atoms with Gasteiger partial charge in [-0.25, -0.2) is 9.97 Å². The lowest BCUT2D eigenvalue weighted by molar-refractivity contribution is -0.122. The quantitative estimate of drug-likeness (QED) is 0.299. The van der Waals surface area contributed by atoms with Gasteiger partial charge in [0.25, 0.3) is 11.8 Å². The summed E-state index contributed by atoms with van der Waals surface area (Å²) >= 11 is 1.55. The van der Waals surface area contributed by atoms with E-state index in [-0.39, 0.29) is 17.7 Å². The van der Waals surface area contributed by atoms with Crippen molar-refractivity contribution in [1.29, 1.82) is 0 Å². The minimum atomic E-state index is -0.454. The predicted molar refractivity (Wildman–Crippen MR) is 141 cm³/mol. The van der Waals surface area contributed by atoms with Crippen molar-refractivity contribution in [3.8, 4) is 0 Å². The number of carbonyl (C=O) groups excluding carboxylic acids is 2. The third kappa shape index (κ3) is 3.60. The molecule has 0 radical (unpaired) electrons. The molecule has 5 heterocycles. The monoisotopic (exact) mass is 502 g/mol. The lowest BCUT2D eigenvalue weighted by Crippen LogP contribution is -2.53. The number of imide groups is 1. The number of carbonyl (C=O) groups is 2. The van der Waals surface area contributed by atoms with Crippen molar-refractivity contribution in [2.45, 2.75) is 24.8 Å². The van der Waals surface area contributed by atoms with Gasteiger partial charge in [0.2, 0.25) is 5.95 Å². The van der Waals surface area contributed by atoms with Crippen LogP contribution in [0.2, 0.25) is 0 Å². The van der Waals surface area contributed by atoms with E-state index in [2.05, 4.69) is 20.5 Å². The van der Waals surface area contributed by atoms with Crippen molar-refractivity contribution in [2.75, 3.05) is 31.6 Å². The summed E-state index contributed by atoms with van der Waals surface area (Å²) < 4.78 is 0. The molecule has 4 aromatic rings. The van der Waals surface area contributed by atoms with E-state index < -0.39 is 11.8 Å². The van der Waals surface area contributed by atoms with E-state index in [0.717, 1.165) is 28.4 Å². The maximum absolute atomic E-state index is 13.2. The molecule has 0 spiro atoms. The minimum absolute atomic E-state index is 0.113. The summed E-state index contributed by atoms with van der Waals surface area (Å²) in [6.07, 6.45) is 4.14. The molecule has 184 valence electrons. The molecule has 10 heteroatoms. The lowest BCUT2D eigenvalue weighted by atomic mass is 9.85. The Morgan fingerprint density at radius 3 is 2.64 bits per heavy atom. The van der Waals surface area contributed by atoms with Gasteiger partial charge in [0.05, 0.1) is 22.4 Å². The van der Waals surface area contributed by atoms with Crippen LogP contribution in [0.4, 0.5) is 5.95 Å². The second kappa shape index (κ2) is 8.81. The molecule has 9 nitrogen and oxygen atoms in total. The first-order valence-electron chi connectivity index (χ1n) is 12.0. The number of fused-ring (bicyclic) bond motifs is 2.